The zero-order valence-electron chi connectivity index (χ0n) is 13.5. The van der Waals surface area contributed by atoms with Crippen molar-refractivity contribution in [3.05, 3.63) is 17.0 Å². The minimum atomic E-state index is -3.46. The first-order chi connectivity index (χ1) is 10.2. The number of thiophene rings is 1. The lowest BCUT2D eigenvalue weighted by atomic mass is 10.1. The molecule has 7 heteroatoms. The summed E-state index contributed by atoms with van der Waals surface area (Å²) in [4.78, 5) is 11.8. The number of nitrogens with zero attached hydrogens (tertiary/aromatic N) is 1. The Balaban J connectivity index is 2.22. The normalized spacial score (nSPS) is 17.0. The zero-order chi connectivity index (χ0) is 16.5. The smallest absolute Gasteiger partial charge is 0.253 e. The van der Waals surface area contributed by atoms with Gasteiger partial charge >= 0.3 is 0 Å². The molecule has 1 heterocycles. The third-order valence-corrected chi connectivity index (χ3v) is 7.55. The van der Waals surface area contributed by atoms with Crippen molar-refractivity contribution in [2.75, 3.05) is 0 Å². The maximum absolute atomic E-state index is 13.0. The Hall–Kier alpha value is -0.920. The van der Waals surface area contributed by atoms with Crippen LogP contribution in [0.1, 0.15) is 45.4 Å². The van der Waals surface area contributed by atoms with Crippen molar-refractivity contribution in [2.24, 2.45) is 5.92 Å². The highest BCUT2D eigenvalue weighted by atomic mass is 32.2. The van der Waals surface area contributed by atoms with E-state index in [0.717, 1.165) is 17.7 Å². The van der Waals surface area contributed by atoms with Gasteiger partial charge in [-0.15, -0.1) is 11.3 Å². The maximum Gasteiger partial charge on any atom is 0.253 e. The molecule has 0 radical (unpaired) electrons. The van der Waals surface area contributed by atoms with Gasteiger partial charge in [-0.2, -0.15) is 4.31 Å². The second kappa shape index (κ2) is 6.68. The fourth-order valence-corrected chi connectivity index (χ4v) is 5.69. The molecule has 0 aliphatic heterocycles. The minimum absolute atomic E-state index is 0.0154. The second-order valence-electron chi connectivity index (χ2n) is 6.18. The number of rotatable bonds is 7. The van der Waals surface area contributed by atoms with E-state index >= 15 is 0 Å². The van der Waals surface area contributed by atoms with Crippen molar-refractivity contribution in [3.8, 4) is 0 Å². The molecule has 2 rings (SSSR count). The average Bonchev–Trinajstić information content (AvgIpc) is 3.12. The third kappa shape index (κ3) is 3.88. The van der Waals surface area contributed by atoms with Crippen LogP contribution < -0.4 is 5.32 Å². The van der Waals surface area contributed by atoms with E-state index in [1.54, 1.807) is 16.4 Å². The minimum Gasteiger partial charge on any atom is -0.351 e. The molecule has 1 aromatic heterocycles. The summed E-state index contributed by atoms with van der Waals surface area (Å²) >= 11 is 1.24. The summed E-state index contributed by atoms with van der Waals surface area (Å²) in [5, 5.41) is 2.69. The highest BCUT2D eigenvalue weighted by Gasteiger charge is 2.42. The summed E-state index contributed by atoms with van der Waals surface area (Å²) < 4.78 is 28.0. The molecule has 1 fully saturated rings. The van der Waals surface area contributed by atoms with Gasteiger partial charge in [-0.3, -0.25) is 4.79 Å². The number of amides is 1. The fourth-order valence-electron chi connectivity index (χ4n) is 2.28. The molecule has 0 spiro atoms. The summed E-state index contributed by atoms with van der Waals surface area (Å²) in [7, 11) is -3.46. The average molecular weight is 345 g/mol. The Labute approximate surface area is 136 Å². The van der Waals surface area contributed by atoms with Gasteiger partial charge in [0.2, 0.25) is 5.91 Å². The lowest BCUT2D eigenvalue weighted by molar-refractivity contribution is -0.119. The molecule has 0 aromatic carbocycles. The second-order valence-corrected chi connectivity index (χ2v) is 9.42. The lowest BCUT2D eigenvalue weighted by Gasteiger charge is -2.30. The Morgan fingerprint density at radius 1 is 1.36 bits per heavy atom. The number of sulfonamides is 1. The van der Waals surface area contributed by atoms with Crippen LogP contribution in [0.2, 0.25) is 0 Å². The van der Waals surface area contributed by atoms with Crippen LogP contribution in [0.25, 0.3) is 0 Å². The van der Waals surface area contributed by atoms with Crippen LogP contribution >= 0.6 is 11.3 Å². The van der Waals surface area contributed by atoms with Crippen LogP contribution in [0.5, 0.6) is 0 Å². The van der Waals surface area contributed by atoms with E-state index in [-0.39, 0.29) is 23.9 Å². The van der Waals surface area contributed by atoms with Crippen LogP contribution in [0.3, 0.4) is 0 Å². The number of nitrogens with one attached hydrogen (secondary N) is 1. The van der Waals surface area contributed by atoms with E-state index in [1.165, 1.54) is 18.3 Å². The molecule has 1 N–H and O–H groups in total. The predicted octanol–water partition coefficient (Wildman–Crippen LogP) is 2.58. The van der Waals surface area contributed by atoms with Gasteiger partial charge in [0.1, 0.15) is 4.21 Å². The summed E-state index contributed by atoms with van der Waals surface area (Å²) in [6.45, 7) is 7.90. The SMILES string of the molecule is CC(=O)NCc1ccc(S(=O)(=O)N(C2CC2)C(C)C(C)C)s1. The fraction of sp³-hybridized carbons (Fsp3) is 0.667. The zero-order valence-corrected chi connectivity index (χ0v) is 15.1. The molecule has 1 saturated carbocycles. The van der Waals surface area contributed by atoms with Crippen LogP contribution in [0.15, 0.2) is 16.3 Å². The Kier molecular flexibility index (Phi) is 5.29. The standard InChI is InChI=1S/C15H24N2O3S2/c1-10(2)11(3)17(13-5-6-13)22(19,20)15-8-7-14(21-15)9-16-12(4)18/h7-8,10-11,13H,5-6,9H2,1-4H3,(H,16,18). The molecule has 0 bridgehead atoms. The molecule has 1 aromatic rings. The van der Waals surface area contributed by atoms with E-state index in [4.69, 9.17) is 0 Å². The van der Waals surface area contributed by atoms with Crippen molar-refractivity contribution in [1.29, 1.82) is 0 Å². The van der Waals surface area contributed by atoms with Crippen LogP contribution in [-0.2, 0) is 21.4 Å². The van der Waals surface area contributed by atoms with E-state index in [0.29, 0.717) is 10.8 Å². The molecular formula is C15H24N2O3S2. The van der Waals surface area contributed by atoms with Gasteiger partial charge in [0, 0.05) is 23.9 Å². The number of carbonyl (C=O) groups is 1. The molecule has 5 nitrogen and oxygen atoms in total. The van der Waals surface area contributed by atoms with E-state index in [2.05, 4.69) is 5.32 Å². The van der Waals surface area contributed by atoms with Gasteiger partial charge in [0.05, 0.1) is 6.54 Å². The summed E-state index contributed by atoms with van der Waals surface area (Å²) in [5.41, 5.74) is 0. The maximum atomic E-state index is 13.0. The largest absolute Gasteiger partial charge is 0.351 e. The summed E-state index contributed by atoms with van der Waals surface area (Å²) in [6, 6.07) is 3.56. The first-order valence-electron chi connectivity index (χ1n) is 7.60. The van der Waals surface area contributed by atoms with Crippen molar-refractivity contribution in [3.63, 3.8) is 0 Å². The Morgan fingerprint density at radius 3 is 2.50 bits per heavy atom. The van der Waals surface area contributed by atoms with E-state index < -0.39 is 10.0 Å². The monoisotopic (exact) mass is 344 g/mol. The van der Waals surface area contributed by atoms with E-state index in [9.17, 15) is 13.2 Å². The van der Waals surface area contributed by atoms with Gasteiger partial charge in [0.15, 0.2) is 0 Å². The molecule has 1 aliphatic rings. The molecule has 1 atom stereocenters. The highest BCUT2D eigenvalue weighted by Crippen LogP contribution is 2.37. The van der Waals surface area contributed by atoms with Crippen LogP contribution in [0, 0.1) is 5.92 Å². The van der Waals surface area contributed by atoms with Crippen molar-refractivity contribution in [2.45, 2.75) is 63.4 Å². The van der Waals surface area contributed by atoms with Gasteiger partial charge in [-0.1, -0.05) is 13.8 Å². The topological polar surface area (TPSA) is 66.5 Å². The summed E-state index contributed by atoms with van der Waals surface area (Å²) in [5.74, 6) is 0.153. The molecule has 1 amide bonds. The van der Waals surface area contributed by atoms with Crippen molar-refractivity contribution < 1.29 is 13.2 Å². The molecular weight excluding hydrogens is 320 g/mol. The number of hydrogen-bond acceptors (Lipinski definition) is 4. The molecule has 0 saturated heterocycles. The third-order valence-electron chi connectivity index (χ3n) is 3.95. The number of hydrogen-bond donors (Lipinski definition) is 1. The Bertz CT molecular complexity index is 633. The first kappa shape index (κ1) is 17.4. The van der Waals surface area contributed by atoms with Crippen molar-refractivity contribution in [1.82, 2.24) is 9.62 Å². The van der Waals surface area contributed by atoms with Gasteiger partial charge < -0.3 is 5.32 Å². The van der Waals surface area contributed by atoms with Crippen LogP contribution in [-0.4, -0.2) is 30.7 Å². The lowest BCUT2D eigenvalue weighted by Crippen LogP contribution is -2.42. The molecule has 1 unspecified atom stereocenters. The molecule has 1 aliphatic carbocycles. The Morgan fingerprint density at radius 2 is 2.00 bits per heavy atom. The highest BCUT2D eigenvalue weighted by molar-refractivity contribution is 7.91. The summed E-state index contributed by atoms with van der Waals surface area (Å²) in [6.07, 6.45) is 1.89. The first-order valence-corrected chi connectivity index (χ1v) is 9.86. The van der Waals surface area contributed by atoms with E-state index in [1.807, 2.05) is 20.8 Å². The quantitative estimate of drug-likeness (QED) is 0.827. The van der Waals surface area contributed by atoms with Gasteiger partial charge in [-0.25, -0.2) is 8.42 Å². The van der Waals surface area contributed by atoms with Gasteiger partial charge in [-0.05, 0) is 37.8 Å². The molecule has 124 valence electrons. The number of carbonyl (C=O) groups excluding carboxylic acids is 1. The predicted molar refractivity (Wildman–Crippen MR) is 88.2 cm³/mol. The van der Waals surface area contributed by atoms with Crippen molar-refractivity contribution >= 4 is 27.3 Å². The van der Waals surface area contributed by atoms with Crippen LogP contribution in [0.4, 0.5) is 0 Å². The van der Waals surface area contributed by atoms with Gasteiger partial charge in [0.25, 0.3) is 10.0 Å². The molecule has 22 heavy (non-hydrogen) atoms.